The van der Waals surface area contributed by atoms with Crippen LogP contribution in [0, 0.1) is 23.2 Å². The van der Waals surface area contributed by atoms with Crippen molar-refractivity contribution in [3.63, 3.8) is 0 Å². The van der Waals surface area contributed by atoms with Crippen molar-refractivity contribution in [2.75, 3.05) is 6.54 Å². The zero-order chi connectivity index (χ0) is 14.9. The van der Waals surface area contributed by atoms with Crippen molar-refractivity contribution < 1.29 is 14.7 Å². The Hall–Kier alpha value is -1.06. The van der Waals surface area contributed by atoms with Gasteiger partial charge in [0.1, 0.15) is 0 Å². The minimum Gasteiger partial charge on any atom is -0.481 e. The number of aliphatic carboxylic acids is 1. The first kappa shape index (κ1) is 14.9. The summed E-state index contributed by atoms with van der Waals surface area (Å²) in [6.45, 7) is 0.564. The van der Waals surface area contributed by atoms with Gasteiger partial charge in [-0.25, -0.2) is 0 Å². The first-order chi connectivity index (χ1) is 10.1. The highest BCUT2D eigenvalue weighted by Gasteiger charge is 2.54. The maximum atomic E-state index is 12.4. The molecule has 0 bridgehead atoms. The third kappa shape index (κ3) is 3.24. The van der Waals surface area contributed by atoms with Gasteiger partial charge in [-0.1, -0.05) is 32.1 Å². The van der Waals surface area contributed by atoms with Gasteiger partial charge >= 0.3 is 5.97 Å². The van der Waals surface area contributed by atoms with Crippen LogP contribution in [0.25, 0.3) is 0 Å². The average molecular weight is 293 g/mol. The lowest BCUT2D eigenvalue weighted by Gasteiger charge is -2.36. The van der Waals surface area contributed by atoms with Crippen molar-refractivity contribution in [3.05, 3.63) is 0 Å². The molecule has 0 spiro atoms. The van der Waals surface area contributed by atoms with Crippen LogP contribution in [-0.4, -0.2) is 23.5 Å². The van der Waals surface area contributed by atoms with Crippen LogP contribution in [0.1, 0.15) is 64.2 Å². The predicted octanol–water partition coefficient (Wildman–Crippen LogP) is 2.96. The molecule has 0 radical (unpaired) electrons. The van der Waals surface area contributed by atoms with Gasteiger partial charge in [0.15, 0.2) is 0 Å². The summed E-state index contributed by atoms with van der Waals surface area (Å²) in [6.07, 6.45) is 10.4. The summed E-state index contributed by atoms with van der Waals surface area (Å²) in [7, 11) is 0. The molecule has 0 aromatic heterocycles. The van der Waals surface area contributed by atoms with E-state index in [0.29, 0.717) is 18.4 Å². The van der Waals surface area contributed by atoms with E-state index in [4.69, 9.17) is 0 Å². The molecule has 0 heterocycles. The Labute approximate surface area is 126 Å². The molecular weight excluding hydrogens is 266 g/mol. The van der Waals surface area contributed by atoms with Crippen molar-refractivity contribution in [2.24, 2.45) is 23.2 Å². The van der Waals surface area contributed by atoms with Gasteiger partial charge < -0.3 is 10.4 Å². The number of carbonyl (C=O) groups is 2. The minimum absolute atomic E-state index is 0.195. The van der Waals surface area contributed by atoms with Crippen LogP contribution in [0.2, 0.25) is 0 Å². The second-order valence-electron chi connectivity index (χ2n) is 7.49. The van der Waals surface area contributed by atoms with Gasteiger partial charge in [-0.05, 0) is 42.9 Å². The Bertz CT molecular complexity index is 402. The highest BCUT2D eigenvalue weighted by molar-refractivity contribution is 5.82. The van der Waals surface area contributed by atoms with Crippen molar-refractivity contribution in [2.45, 2.75) is 64.2 Å². The SMILES string of the molecule is O=C(O)CC1(CNC(=O)C2C3CCCCC32)CCCCC1. The molecule has 3 rings (SSSR count). The van der Waals surface area contributed by atoms with E-state index in [2.05, 4.69) is 5.32 Å². The Morgan fingerprint density at radius 2 is 1.62 bits per heavy atom. The van der Waals surface area contributed by atoms with Gasteiger partial charge in [0.05, 0.1) is 6.42 Å². The lowest BCUT2D eigenvalue weighted by molar-refractivity contribution is -0.140. The number of carboxylic acids is 1. The van der Waals surface area contributed by atoms with Gasteiger partial charge in [-0.15, -0.1) is 0 Å². The predicted molar refractivity (Wildman–Crippen MR) is 79.7 cm³/mol. The van der Waals surface area contributed by atoms with Crippen molar-refractivity contribution in [1.82, 2.24) is 5.32 Å². The van der Waals surface area contributed by atoms with E-state index in [0.717, 1.165) is 25.7 Å². The van der Waals surface area contributed by atoms with E-state index in [1.165, 1.54) is 32.1 Å². The van der Waals surface area contributed by atoms with Crippen LogP contribution in [0.5, 0.6) is 0 Å². The normalized spacial score (nSPS) is 33.8. The molecule has 21 heavy (non-hydrogen) atoms. The maximum Gasteiger partial charge on any atom is 0.303 e. The van der Waals surface area contributed by atoms with Crippen molar-refractivity contribution >= 4 is 11.9 Å². The van der Waals surface area contributed by atoms with Crippen LogP contribution in [0.3, 0.4) is 0 Å². The molecule has 3 aliphatic carbocycles. The molecule has 0 aliphatic heterocycles. The molecule has 2 N–H and O–H groups in total. The highest BCUT2D eigenvalue weighted by atomic mass is 16.4. The van der Waals surface area contributed by atoms with E-state index in [1.54, 1.807) is 0 Å². The first-order valence-electron chi connectivity index (χ1n) is 8.61. The Morgan fingerprint density at radius 3 is 2.19 bits per heavy atom. The Balaban J connectivity index is 1.54. The fourth-order valence-electron chi connectivity index (χ4n) is 4.81. The van der Waals surface area contributed by atoms with Crippen LogP contribution in [-0.2, 0) is 9.59 Å². The molecule has 3 fully saturated rings. The van der Waals surface area contributed by atoms with Gasteiger partial charge in [0.2, 0.25) is 5.91 Å². The number of carboxylic acid groups (broad SMARTS) is 1. The quantitative estimate of drug-likeness (QED) is 0.819. The summed E-state index contributed by atoms with van der Waals surface area (Å²) in [4.78, 5) is 23.5. The third-order valence-electron chi connectivity index (χ3n) is 6.04. The highest BCUT2D eigenvalue weighted by Crippen LogP contribution is 2.55. The summed E-state index contributed by atoms with van der Waals surface area (Å²) < 4.78 is 0. The summed E-state index contributed by atoms with van der Waals surface area (Å²) >= 11 is 0. The zero-order valence-corrected chi connectivity index (χ0v) is 12.8. The first-order valence-corrected chi connectivity index (χ1v) is 8.61. The minimum atomic E-state index is -0.730. The number of fused-ring (bicyclic) bond motifs is 1. The summed E-state index contributed by atoms with van der Waals surface area (Å²) in [5.74, 6) is 0.951. The van der Waals surface area contributed by atoms with Gasteiger partial charge in [-0.2, -0.15) is 0 Å². The molecule has 118 valence electrons. The lowest BCUT2D eigenvalue weighted by Crippen LogP contribution is -2.41. The molecule has 0 aromatic rings. The molecule has 2 atom stereocenters. The Kier molecular flexibility index (Phi) is 4.23. The van der Waals surface area contributed by atoms with Crippen LogP contribution >= 0.6 is 0 Å². The molecule has 0 saturated heterocycles. The molecule has 4 heteroatoms. The smallest absolute Gasteiger partial charge is 0.303 e. The van der Waals surface area contributed by atoms with E-state index < -0.39 is 5.97 Å². The summed E-state index contributed by atoms with van der Waals surface area (Å²) in [5, 5.41) is 12.3. The average Bonchev–Trinajstić information content (AvgIpc) is 3.19. The number of rotatable bonds is 5. The molecule has 2 unspecified atom stereocenters. The largest absolute Gasteiger partial charge is 0.481 e. The standard InChI is InChI=1S/C17H27NO3/c19-14(20)10-17(8-4-1-5-9-17)11-18-16(21)15-12-6-2-3-7-13(12)15/h12-13,15H,1-11H2,(H,18,21)(H,19,20). The number of hydrogen-bond donors (Lipinski definition) is 2. The van der Waals surface area contributed by atoms with Crippen molar-refractivity contribution in [3.8, 4) is 0 Å². The zero-order valence-electron chi connectivity index (χ0n) is 12.8. The number of hydrogen-bond acceptors (Lipinski definition) is 2. The number of carbonyl (C=O) groups excluding carboxylic acids is 1. The monoisotopic (exact) mass is 293 g/mol. The van der Waals surface area contributed by atoms with E-state index in [1.807, 2.05) is 0 Å². The summed E-state index contributed by atoms with van der Waals surface area (Å²) in [5.41, 5.74) is -0.195. The second-order valence-corrected chi connectivity index (χ2v) is 7.49. The molecule has 1 amide bonds. The van der Waals surface area contributed by atoms with Crippen LogP contribution in [0.15, 0.2) is 0 Å². The Morgan fingerprint density at radius 1 is 1.00 bits per heavy atom. The fraction of sp³-hybridized carbons (Fsp3) is 0.882. The fourth-order valence-corrected chi connectivity index (χ4v) is 4.81. The van der Waals surface area contributed by atoms with Crippen LogP contribution < -0.4 is 5.32 Å². The maximum absolute atomic E-state index is 12.4. The molecular formula is C17H27NO3. The van der Waals surface area contributed by atoms with Crippen molar-refractivity contribution in [1.29, 1.82) is 0 Å². The van der Waals surface area contributed by atoms with Gasteiger partial charge in [0, 0.05) is 12.5 Å². The van der Waals surface area contributed by atoms with Gasteiger partial charge in [-0.3, -0.25) is 9.59 Å². The molecule has 3 saturated carbocycles. The van der Waals surface area contributed by atoms with E-state index in [9.17, 15) is 14.7 Å². The van der Waals surface area contributed by atoms with E-state index in [-0.39, 0.29) is 23.7 Å². The molecule has 3 aliphatic rings. The molecule has 0 aromatic carbocycles. The van der Waals surface area contributed by atoms with Crippen LogP contribution in [0.4, 0.5) is 0 Å². The lowest BCUT2D eigenvalue weighted by atomic mass is 9.71. The number of nitrogens with one attached hydrogen (secondary N) is 1. The third-order valence-corrected chi connectivity index (χ3v) is 6.04. The van der Waals surface area contributed by atoms with E-state index >= 15 is 0 Å². The second kappa shape index (κ2) is 5.98. The summed E-state index contributed by atoms with van der Waals surface area (Å²) in [6, 6.07) is 0. The van der Waals surface area contributed by atoms with Gasteiger partial charge in [0.25, 0.3) is 0 Å². The topological polar surface area (TPSA) is 66.4 Å². The number of amides is 1. The molecule has 4 nitrogen and oxygen atoms in total.